The van der Waals surface area contributed by atoms with Crippen LogP contribution in [0, 0.1) is 18.3 Å². The SMILES string of the molecule is COc1cc(C=C(C#N)C(=O)Nc2nc(S(C)(=O)=O)ns2)cc(Cl)c1OCCOc1ccc(C)cc1. The minimum atomic E-state index is -3.62. The van der Waals surface area contributed by atoms with Gasteiger partial charge in [0.05, 0.1) is 12.1 Å². The zero-order valence-electron chi connectivity index (χ0n) is 19.4. The van der Waals surface area contributed by atoms with Crippen LogP contribution in [0.1, 0.15) is 11.1 Å². The smallest absolute Gasteiger partial charge is 0.268 e. The maximum absolute atomic E-state index is 12.5. The lowest BCUT2D eigenvalue weighted by atomic mass is 10.1. The van der Waals surface area contributed by atoms with Gasteiger partial charge in [-0.05, 0) is 42.8 Å². The number of hydrogen-bond donors (Lipinski definition) is 1. The topological polar surface area (TPSA) is 140 Å². The van der Waals surface area contributed by atoms with Crippen molar-refractivity contribution in [3.63, 3.8) is 0 Å². The summed E-state index contributed by atoms with van der Waals surface area (Å²) >= 11 is 7.06. The number of carbonyl (C=O) groups excluding carboxylic acids is 1. The molecule has 0 aliphatic carbocycles. The second kappa shape index (κ2) is 11.9. The number of nitrogens with zero attached hydrogens (tertiary/aromatic N) is 3. The highest BCUT2D eigenvalue weighted by Gasteiger charge is 2.18. The molecule has 0 unspecified atom stereocenters. The van der Waals surface area contributed by atoms with Gasteiger partial charge in [-0.2, -0.15) is 14.6 Å². The van der Waals surface area contributed by atoms with Crippen molar-refractivity contribution in [3.05, 3.63) is 58.1 Å². The second-order valence-corrected chi connectivity index (χ2v) is 10.4. The third-order valence-electron chi connectivity index (χ3n) is 4.51. The Labute approximate surface area is 217 Å². The van der Waals surface area contributed by atoms with Crippen LogP contribution in [0.4, 0.5) is 5.13 Å². The Balaban J connectivity index is 1.70. The number of amides is 1. The molecule has 1 N–H and O–H groups in total. The van der Waals surface area contributed by atoms with Crippen molar-refractivity contribution >= 4 is 50.1 Å². The number of rotatable bonds is 10. The van der Waals surface area contributed by atoms with Gasteiger partial charge in [0, 0.05) is 17.8 Å². The molecular formula is C23H21ClN4O6S2. The molecule has 13 heteroatoms. The van der Waals surface area contributed by atoms with Gasteiger partial charge in [0.25, 0.3) is 11.1 Å². The summed E-state index contributed by atoms with van der Waals surface area (Å²) < 4.78 is 43.4. The van der Waals surface area contributed by atoms with Gasteiger partial charge >= 0.3 is 0 Å². The van der Waals surface area contributed by atoms with E-state index in [-0.39, 0.29) is 34.7 Å². The summed E-state index contributed by atoms with van der Waals surface area (Å²) in [5.74, 6) is 0.501. The maximum Gasteiger partial charge on any atom is 0.268 e. The van der Waals surface area contributed by atoms with Crippen LogP contribution in [-0.4, -0.2) is 50.3 Å². The van der Waals surface area contributed by atoms with E-state index >= 15 is 0 Å². The normalized spacial score (nSPS) is 11.5. The number of aromatic nitrogens is 2. The van der Waals surface area contributed by atoms with Crippen LogP contribution in [0.3, 0.4) is 0 Å². The molecule has 0 bridgehead atoms. The highest BCUT2D eigenvalue weighted by atomic mass is 35.5. The predicted molar refractivity (Wildman–Crippen MR) is 135 cm³/mol. The molecule has 3 aromatic rings. The molecule has 188 valence electrons. The van der Waals surface area contributed by atoms with E-state index in [0.29, 0.717) is 28.6 Å². The third-order valence-corrected chi connectivity index (χ3v) is 6.38. The molecule has 0 aliphatic heterocycles. The van der Waals surface area contributed by atoms with Gasteiger partial charge in [-0.1, -0.05) is 29.3 Å². The lowest BCUT2D eigenvalue weighted by Crippen LogP contribution is -2.13. The van der Waals surface area contributed by atoms with Crippen LogP contribution in [0.5, 0.6) is 17.2 Å². The number of methoxy groups -OCH3 is 1. The van der Waals surface area contributed by atoms with E-state index in [9.17, 15) is 18.5 Å². The molecule has 0 atom stereocenters. The molecule has 0 spiro atoms. The Morgan fingerprint density at radius 3 is 2.53 bits per heavy atom. The van der Waals surface area contributed by atoms with E-state index in [4.69, 9.17) is 25.8 Å². The first-order valence-corrected chi connectivity index (χ1v) is 13.3. The number of carbonyl (C=O) groups is 1. The average molecular weight is 549 g/mol. The molecule has 2 aromatic carbocycles. The van der Waals surface area contributed by atoms with Crippen LogP contribution in [0.25, 0.3) is 6.08 Å². The fourth-order valence-corrected chi connectivity index (χ4v) is 4.50. The Hall–Kier alpha value is -3.66. The molecule has 36 heavy (non-hydrogen) atoms. The standard InChI is InChI=1S/C23H21ClN4O6S2/c1-14-4-6-17(7-5-14)33-8-9-34-20-18(24)11-15(12-19(20)32-2)10-16(13-25)21(29)26-22-27-23(28-35-22)36(3,30)31/h4-7,10-12H,8-9H2,1-3H3,(H,26,27,28,29). The Kier molecular flexibility index (Phi) is 8.87. The van der Waals surface area contributed by atoms with Crippen molar-refractivity contribution in [2.75, 3.05) is 31.9 Å². The number of aryl methyl sites for hydroxylation is 1. The van der Waals surface area contributed by atoms with E-state index < -0.39 is 20.9 Å². The minimum Gasteiger partial charge on any atom is -0.493 e. The van der Waals surface area contributed by atoms with Crippen molar-refractivity contribution in [1.29, 1.82) is 5.26 Å². The van der Waals surface area contributed by atoms with Gasteiger partial charge in [-0.3, -0.25) is 10.1 Å². The number of benzene rings is 2. The van der Waals surface area contributed by atoms with Gasteiger partial charge in [0.1, 0.15) is 30.6 Å². The summed E-state index contributed by atoms with van der Waals surface area (Å²) in [5, 5.41) is 11.5. The lowest BCUT2D eigenvalue weighted by Gasteiger charge is -2.14. The van der Waals surface area contributed by atoms with Gasteiger partial charge in [0.15, 0.2) is 11.5 Å². The fourth-order valence-electron chi connectivity index (χ4n) is 2.79. The van der Waals surface area contributed by atoms with Crippen molar-refractivity contribution in [2.24, 2.45) is 0 Å². The van der Waals surface area contributed by atoms with Crippen LogP contribution in [0.2, 0.25) is 5.02 Å². The second-order valence-electron chi connectivity index (χ2n) is 7.32. The molecule has 1 heterocycles. The van der Waals surface area contributed by atoms with Gasteiger partial charge in [0.2, 0.25) is 15.0 Å². The lowest BCUT2D eigenvalue weighted by molar-refractivity contribution is -0.112. The summed E-state index contributed by atoms with van der Waals surface area (Å²) in [6.45, 7) is 2.46. The van der Waals surface area contributed by atoms with Crippen LogP contribution in [-0.2, 0) is 14.6 Å². The van der Waals surface area contributed by atoms with Gasteiger partial charge in [-0.15, -0.1) is 0 Å². The number of nitriles is 1. The Bertz CT molecular complexity index is 1430. The monoisotopic (exact) mass is 548 g/mol. The zero-order valence-corrected chi connectivity index (χ0v) is 21.8. The van der Waals surface area contributed by atoms with Crippen molar-refractivity contribution < 1.29 is 27.4 Å². The predicted octanol–water partition coefficient (Wildman–Crippen LogP) is 3.92. The average Bonchev–Trinajstić information content (AvgIpc) is 3.31. The molecule has 0 aliphatic rings. The van der Waals surface area contributed by atoms with E-state index in [1.54, 1.807) is 12.1 Å². The van der Waals surface area contributed by atoms with Crippen LogP contribution in [0.15, 0.2) is 47.1 Å². The Morgan fingerprint density at radius 2 is 1.92 bits per heavy atom. The fraction of sp³-hybridized carbons (Fsp3) is 0.217. The molecule has 3 rings (SSSR count). The van der Waals surface area contributed by atoms with Crippen molar-refractivity contribution in [1.82, 2.24) is 9.36 Å². The number of hydrogen-bond acceptors (Lipinski definition) is 10. The number of anilines is 1. The first-order valence-electron chi connectivity index (χ1n) is 10.3. The number of sulfone groups is 1. The van der Waals surface area contributed by atoms with Gasteiger partial charge in [-0.25, -0.2) is 8.42 Å². The highest BCUT2D eigenvalue weighted by Crippen LogP contribution is 2.37. The van der Waals surface area contributed by atoms with Crippen molar-refractivity contribution in [2.45, 2.75) is 12.1 Å². The summed E-state index contributed by atoms with van der Waals surface area (Å²) in [4.78, 5) is 16.2. The summed E-state index contributed by atoms with van der Waals surface area (Å²) in [6, 6.07) is 12.5. The molecule has 0 radical (unpaired) electrons. The summed E-state index contributed by atoms with van der Waals surface area (Å²) in [6.07, 6.45) is 2.25. The van der Waals surface area contributed by atoms with E-state index in [1.165, 1.54) is 19.3 Å². The van der Waals surface area contributed by atoms with Crippen LogP contribution < -0.4 is 19.5 Å². The molecule has 10 nitrogen and oxygen atoms in total. The zero-order chi connectivity index (χ0) is 26.3. The molecule has 0 saturated heterocycles. The molecule has 1 amide bonds. The molecular weight excluding hydrogens is 528 g/mol. The molecule has 1 aromatic heterocycles. The molecule has 0 saturated carbocycles. The number of ether oxygens (including phenoxy) is 3. The maximum atomic E-state index is 12.5. The summed E-state index contributed by atoms with van der Waals surface area (Å²) in [5.41, 5.74) is 1.26. The Morgan fingerprint density at radius 1 is 1.22 bits per heavy atom. The van der Waals surface area contributed by atoms with Gasteiger partial charge < -0.3 is 14.2 Å². The number of halogens is 1. The van der Waals surface area contributed by atoms with Crippen LogP contribution >= 0.6 is 23.1 Å². The quantitative estimate of drug-likeness (QED) is 0.227. The number of nitrogens with one attached hydrogen (secondary N) is 1. The van der Waals surface area contributed by atoms with E-state index in [0.717, 1.165) is 11.8 Å². The highest BCUT2D eigenvalue weighted by molar-refractivity contribution is 7.90. The van der Waals surface area contributed by atoms with E-state index in [2.05, 4.69) is 14.7 Å². The van der Waals surface area contributed by atoms with Crippen molar-refractivity contribution in [3.8, 4) is 23.3 Å². The minimum absolute atomic E-state index is 0.0613. The largest absolute Gasteiger partial charge is 0.493 e. The molecule has 0 fully saturated rings. The van der Waals surface area contributed by atoms with E-state index in [1.807, 2.05) is 31.2 Å². The first kappa shape index (κ1) is 26.9. The third kappa shape index (κ3) is 7.17. The summed E-state index contributed by atoms with van der Waals surface area (Å²) in [7, 11) is -2.19. The first-order chi connectivity index (χ1) is 17.1.